The maximum Gasteiger partial charge on any atom is 0.124 e. The van der Waals surface area contributed by atoms with Crippen LogP contribution in [0.15, 0.2) is 24.3 Å². The van der Waals surface area contributed by atoms with Crippen LogP contribution in [-0.2, 0) is 0 Å². The molecule has 16 heavy (non-hydrogen) atoms. The first kappa shape index (κ1) is 13.3. The number of para-hydroxylation sites is 1. The molecule has 1 fully saturated rings. The highest BCUT2D eigenvalue weighted by Crippen LogP contribution is 2.38. The molecule has 2 nitrogen and oxygen atoms in total. The van der Waals surface area contributed by atoms with E-state index in [1.54, 1.807) is 0 Å². The minimum atomic E-state index is 0. The van der Waals surface area contributed by atoms with Crippen LogP contribution in [0.3, 0.4) is 0 Å². The molecule has 3 heteroatoms. The zero-order valence-corrected chi connectivity index (χ0v) is 10.5. The Labute approximate surface area is 104 Å². The minimum absolute atomic E-state index is 0. The largest absolute Gasteiger partial charge is 0.494 e. The van der Waals surface area contributed by atoms with Gasteiger partial charge in [0.05, 0.1) is 6.61 Å². The molecule has 0 bridgehead atoms. The molecular weight excluding hydrogens is 222 g/mol. The van der Waals surface area contributed by atoms with Crippen molar-refractivity contribution in [1.82, 2.24) is 0 Å². The fourth-order valence-electron chi connectivity index (χ4n) is 1.91. The van der Waals surface area contributed by atoms with Gasteiger partial charge in [-0.15, -0.1) is 12.4 Å². The van der Waals surface area contributed by atoms with Gasteiger partial charge in [0.25, 0.3) is 0 Å². The van der Waals surface area contributed by atoms with Crippen LogP contribution in [-0.4, -0.2) is 6.61 Å². The molecule has 0 aliphatic heterocycles. The lowest BCUT2D eigenvalue weighted by Crippen LogP contribution is -2.12. The quantitative estimate of drug-likeness (QED) is 0.859. The van der Waals surface area contributed by atoms with E-state index in [-0.39, 0.29) is 18.4 Å². The Balaban J connectivity index is 0.00000128. The molecule has 1 atom stereocenters. The summed E-state index contributed by atoms with van der Waals surface area (Å²) in [4.78, 5) is 0. The average Bonchev–Trinajstić information content (AvgIpc) is 3.03. The van der Waals surface area contributed by atoms with E-state index in [9.17, 15) is 0 Å². The summed E-state index contributed by atoms with van der Waals surface area (Å²) in [5.41, 5.74) is 7.35. The Hall–Kier alpha value is -0.730. The van der Waals surface area contributed by atoms with Gasteiger partial charge < -0.3 is 10.5 Å². The van der Waals surface area contributed by atoms with Crippen molar-refractivity contribution in [2.24, 2.45) is 11.7 Å². The molecule has 1 saturated carbocycles. The van der Waals surface area contributed by atoms with Crippen LogP contribution in [0.4, 0.5) is 0 Å². The predicted molar refractivity (Wildman–Crippen MR) is 69.1 cm³/mol. The van der Waals surface area contributed by atoms with Gasteiger partial charge in [-0.3, -0.25) is 0 Å². The summed E-state index contributed by atoms with van der Waals surface area (Å²) in [6.07, 6.45) is 3.80. The van der Waals surface area contributed by atoms with Gasteiger partial charge in [0.15, 0.2) is 0 Å². The smallest absolute Gasteiger partial charge is 0.124 e. The topological polar surface area (TPSA) is 35.2 Å². The van der Waals surface area contributed by atoms with Gasteiger partial charge in [0.1, 0.15) is 5.75 Å². The molecule has 0 spiro atoms. The van der Waals surface area contributed by atoms with E-state index in [1.807, 2.05) is 25.1 Å². The Bertz CT molecular complexity index is 325. The van der Waals surface area contributed by atoms with Crippen molar-refractivity contribution >= 4 is 12.4 Å². The third-order valence-corrected chi connectivity index (χ3v) is 2.90. The summed E-state index contributed by atoms with van der Waals surface area (Å²) in [7, 11) is 0. The van der Waals surface area contributed by atoms with Crippen molar-refractivity contribution < 1.29 is 4.74 Å². The number of nitrogens with two attached hydrogens (primary N) is 1. The predicted octanol–water partition coefficient (Wildman–Crippen LogP) is 3.31. The van der Waals surface area contributed by atoms with Crippen molar-refractivity contribution in [1.29, 1.82) is 0 Å². The number of hydrogen-bond donors (Lipinski definition) is 1. The molecule has 1 aromatic carbocycles. The molecule has 0 aromatic heterocycles. The molecule has 2 rings (SSSR count). The fraction of sp³-hybridized carbons (Fsp3) is 0.538. The first-order chi connectivity index (χ1) is 7.31. The monoisotopic (exact) mass is 241 g/mol. The van der Waals surface area contributed by atoms with E-state index < -0.39 is 0 Å². The molecule has 90 valence electrons. The summed E-state index contributed by atoms with van der Waals surface area (Å²) in [6, 6.07) is 8.26. The molecule has 0 amide bonds. The highest BCUT2D eigenvalue weighted by atomic mass is 35.5. The normalized spacial score (nSPS) is 16.4. The number of hydrogen-bond acceptors (Lipinski definition) is 2. The van der Waals surface area contributed by atoms with Crippen LogP contribution >= 0.6 is 12.4 Å². The van der Waals surface area contributed by atoms with Crippen LogP contribution < -0.4 is 10.5 Å². The molecule has 1 aromatic rings. The van der Waals surface area contributed by atoms with Crippen LogP contribution in [0.5, 0.6) is 5.75 Å². The van der Waals surface area contributed by atoms with Crippen LogP contribution in [0.2, 0.25) is 0 Å². The third-order valence-electron chi connectivity index (χ3n) is 2.90. The first-order valence-electron chi connectivity index (χ1n) is 5.78. The summed E-state index contributed by atoms with van der Waals surface area (Å²) >= 11 is 0. The second kappa shape index (κ2) is 6.12. The van der Waals surface area contributed by atoms with Gasteiger partial charge in [-0.2, -0.15) is 0 Å². The van der Waals surface area contributed by atoms with Gasteiger partial charge in [-0.25, -0.2) is 0 Å². The number of ether oxygens (including phenoxy) is 1. The van der Waals surface area contributed by atoms with Crippen LogP contribution in [0, 0.1) is 5.92 Å². The zero-order valence-electron chi connectivity index (χ0n) is 9.69. The SMILES string of the molecule is CCOc1ccccc1[C@H](N)CC1CC1.Cl. The second-order valence-electron chi connectivity index (χ2n) is 4.26. The highest BCUT2D eigenvalue weighted by Gasteiger charge is 2.25. The highest BCUT2D eigenvalue weighted by molar-refractivity contribution is 5.85. The molecule has 0 saturated heterocycles. The average molecular weight is 242 g/mol. The van der Waals surface area contributed by atoms with Gasteiger partial charge in [0.2, 0.25) is 0 Å². The van der Waals surface area contributed by atoms with Gasteiger partial charge in [-0.1, -0.05) is 31.0 Å². The Morgan fingerprint density at radius 3 is 2.69 bits per heavy atom. The minimum Gasteiger partial charge on any atom is -0.494 e. The molecule has 2 N–H and O–H groups in total. The van der Waals surface area contributed by atoms with Gasteiger partial charge in [-0.05, 0) is 25.3 Å². The van der Waals surface area contributed by atoms with E-state index in [0.717, 1.165) is 23.7 Å². The maximum atomic E-state index is 6.19. The third kappa shape index (κ3) is 3.39. The molecule has 0 unspecified atom stereocenters. The van der Waals surface area contributed by atoms with Crippen molar-refractivity contribution in [3.8, 4) is 5.75 Å². The molecule has 1 aliphatic rings. The Morgan fingerprint density at radius 1 is 1.38 bits per heavy atom. The van der Waals surface area contributed by atoms with E-state index in [2.05, 4.69) is 6.07 Å². The first-order valence-corrected chi connectivity index (χ1v) is 5.78. The Morgan fingerprint density at radius 2 is 2.06 bits per heavy atom. The molecular formula is C13H20ClNO. The zero-order chi connectivity index (χ0) is 10.7. The van der Waals surface area contributed by atoms with Crippen molar-refractivity contribution in [3.63, 3.8) is 0 Å². The van der Waals surface area contributed by atoms with Crippen molar-refractivity contribution in [2.75, 3.05) is 6.61 Å². The second-order valence-corrected chi connectivity index (χ2v) is 4.26. The Kier molecular flexibility index (Phi) is 5.10. The lowest BCUT2D eigenvalue weighted by molar-refractivity contribution is 0.333. The molecule has 0 heterocycles. The molecule has 1 aliphatic carbocycles. The van der Waals surface area contributed by atoms with Gasteiger partial charge >= 0.3 is 0 Å². The van der Waals surface area contributed by atoms with Gasteiger partial charge in [0, 0.05) is 11.6 Å². The number of benzene rings is 1. The van der Waals surface area contributed by atoms with E-state index in [4.69, 9.17) is 10.5 Å². The van der Waals surface area contributed by atoms with E-state index in [1.165, 1.54) is 12.8 Å². The number of rotatable bonds is 5. The summed E-state index contributed by atoms with van der Waals surface area (Å²) in [5.74, 6) is 1.81. The van der Waals surface area contributed by atoms with E-state index in [0.29, 0.717) is 6.61 Å². The maximum absolute atomic E-state index is 6.19. The summed E-state index contributed by atoms with van der Waals surface area (Å²) in [5, 5.41) is 0. The standard InChI is InChI=1S/C13H19NO.ClH/c1-2-15-13-6-4-3-5-11(13)12(14)9-10-7-8-10;/h3-6,10,12H,2,7-9,14H2,1H3;1H/t12-;/m1./s1. The lowest BCUT2D eigenvalue weighted by Gasteiger charge is -2.15. The van der Waals surface area contributed by atoms with Crippen LogP contribution in [0.1, 0.15) is 37.8 Å². The molecule has 0 radical (unpaired) electrons. The van der Waals surface area contributed by atoms with Crippen LogP contribution in [0.25, 0.3) is 0 Å². The van der Waals surface area contributed by atoms with Crippen molar-refractivity contribution in [3.05, 3.63) is 29.8 Å². The van der Waals surface area contributed by atoms with E-state index >= 15 is 0 Å². The van der Waals surface area contributed by atoms with Crippen molar-refractivity contribution in [2.45, 2.75) is 32.2 Å². The summed E-state index contributed by atoms with van der Waals surface area (Å²) < 4.78 is 5.58. The fourth-order valence-corrected chi connectivity index (χ4v) is 1.91. The summed E-state index contributed by atoms with van der Waals surface area (Å²) in [6.45, 7) is 2.70. The lowest BCUT2D eigenvalue weighted by atomic mass is 10.0. The number of halogens is 1.